The van der Waals surface area contributed by atoms with E-state index in [9.17, 15) is 0 Å². The topological polar surface area (TPSA) is 63.8 Å². The van der Waals surface area contributed by atoms with Crippen LogP contribution in [0.5, 0.6) is 0 Å². The maximum atomic E-state index is 5.55. The Labute approximate surface area is 114 Å². The molecule has 1 aromatic carbocycles. The molecule has 19 heavy (non-hydrogen) atoms. The Kier molecular flexibility index (Phi) is 3.81. The van der Waals surface area contributed by atoms with Gasteiger partial charge in [0.05, 0.1) is 0 Å². The van der Waals surface area contributed by atoms with E-state index in [2.05, 4.69) is 42.2 Å². The van der Waals surface area contributed by atoms with Gasteiger partial charge in [-0.2, -0.15) is 0 Å². The van der Waals surface area contributed by atoms with Crippen molar-refractivity contribution < 1.29 is 0 Å². The molecule has 0 bridgehead atoms. The van der Waals surface area contributed by atoms with Gasteiger partial charge in [-0.15, -0.1) is 0 Å². The number of aryl methyl sites for hydroxylation is 2. The monoisotopic (exact) mass is 256 g/mol. The van der Waals surface area contributed by atoms with E-state index in [0.29, 0.717) is 5.82 Å². The molecular weight excluding hydrogens is 236 g/mol. The fourth-order valence-electron chi connectivity index (χ4n) is 2.16. The molecule has 0 amide bonds. The minimum atomic E-state index is 0.697. The highest BCUT2D eigenvalue weighted by atomic mass is 15.3. The van der Waals surface area contributed by atoms with Crippen LogP contribution in [0.15, 0.2) is 18.2 Å². The van der Waals surface area contributed by atoms with Crippen LogP contribution in [0.1, 0.15) is 29.3 Å². The molecule has 0 spiro atoms. The van der Waals surface area contributed by atoms with Gasteiger partial charge in [0.1, 0.15) is 5.82 Å². The smallest absolute Gasteiger partial charge is 0.162 e. The van der Waals surface area contributed by atoms with Gasteiger partial charge in [-0.05, 0) is 38.3 Å². The number of nitrogens with two attached hydrogens (primary N) is 1. The Bertz CT molecular complexity index is 580. The highest BCUT2D eigenvalue weighted by Crippen LogP contribution is 2.25. The van der Waals surface area contributed by atoms with Crippen LogP contribution < -0.4 is 11.3 Å². The summed E-state index contributed by atoms with van der Waals surface area (Å²) in [5, 5.41) is 0. The third-order valence-electron chi connectivity index (χ3n) is 3.56. The number of benzene rings is 1. The first-order chi connectivity index (χ1) is 9.08. The minimum Gasteiger partial charge on any atom is -0.308 e. The number of anilines is 1. The molecule has 0 aliphatic heterocycles. The molecule has 0 fully saturated rings. The molecule has 2 aromatic rings. The molecule has 0 unspecified atom stereocenters. The summed E-state index contributed by atoms with van der Waals surface area (Å²) in [6.07, 6.45) is 0.862. The zero-order valence-corrected chi connectivity index (χ0v) is 11.9. The minimum absolute atomic E-state index is 0.697. The number of hydrogen-bond donors (Lipinski definition) is 2. The first kappa shape index (κ1) is 13.5. The molecule has 0 atom stereocenters. The van der Waals surface area contributed by atoms with Gasteiger partial charge in [-0.3, -0.25) is 0 Å². The summed E-state index contributed by atoms with van der Waals surface area (Å²) in [7, 11) is 0. The summed E-state index contributed by atoms with van der Waals surface area (Å²) < 4.78 is 0. The van der Waals surface area contributed by atoms with Crippen molar-refractivity contribution >= 4 is 5.82 Å². The lowest BCUT2D eigenvalue weighted by atomic mass is 10.0. The average Bonchev–Trinajstić information content (AvgIpc) is 2.42. The summed E-state index contributed by atoms with van der Waals surface area (Å²) in [5.41, 5.74) is 8.21. The predicted molar refractivity (Wildman–Crippen MR) is 78.9 cm³/mol. The lowest BCUT2D eigenvalue weighted by molar-refractivity contribution is 0.972. The van der Waals surface area contributed by atoms with Crippen molar-refractivity contribution in [1.29, 1.82) is 0 Å². The predicted octanol–water partition coefficient (Wildman–Crippen LogP) is 2.92. The zero-order valence-electron chi connectivity index (χ0n) is 11.9. The number of hydrazine groups is 1. The highest BCUT2D eigenvalue weighted by Gasteiger charge is 2.12. The first-order valence-corrected chi connectivity index (χ1v) is 6.49. The van der Waals surface area contributed by atoms with E-state index in [1.54, 1.807) is 0 Å². The third-order valence-corrected chi connectivity index (χ3v) is 3.56. The Morgan fingerprint density at radius 2 is 1.84 bits per heavy atom. The molecule has 0 aliphatic rings. The molecule has 100 valence electrons. The first-order valence-electron chi connectivity index (χ1n) is 6.49. The van der Waals surface area contributed by atoms with Crippen molar-refractivity contribution in [3.63, 3.8) is 0 Å². The number of aromatic nitrogens is 2. The van der Waals surface area contributed by atoms with Crippen LogP contribution in [-0.4, -0.2) is 9.97 Å². The van der Waals surface area contributed by atoms with Gasteiger partial charge in [0.15, 0.2) is 5.82 Å². The lowest BCUT2D eigenvalue weighted by Gasteiger charge is -2.13. The second kappa shape index (κ2) is 5.36. The van der Waals surface area contributed by atoms with Crippen LogP contribution in [-0.2, 0) is 6.42 Å². The molecule has 0 saturated heterocycles. The fraction of sp³-hybridized carbons (Fsp3) is 0.333. The van der Waals surface area contributed by atoms with Crippen LogP contribution in [0.25, 0.3) is 11.4 Å². The lowest BCUT2D eigenvalue weighted by Crippen LogP contribution is -2.13. The average molecular weight is 256 g/mol. The van der Waals surface area contributed by atoms with Crippen LogP contribution in [0.4, 0.5) is 5.82 Å². The Morgan fingerprint density at radius 3 is 2.47 bits per heavy atom. The number of hydrogen-bond acceptors (Lipinski definition) is 4. The molecule has 2 rings (SSSR count). The van der Waals surface area contributed by atoms with E-state index in [0.717, 1.165) is 29.1 Å². The van der Waals surface area contributed by atoms with Gasteiger partial charge in [-0.25, -0.2) is 15.8 Å². The maximum absolute atomic E-state index is 5.55. The molecule has 0 radical (unpaired) electrons. The van der Waals surface area contributed by atoms with Crippen LogP contribution >= 0.6 is 0 Å². The van der Waals surface area contributed by atoms with Crippen molar-refractivity contribution in [1.82, 2.24) is 9.97 Å². The molecule has 0 aliphatic carbocycles. The number of nitrogen functional groups attached to an aromatic ring is 1. The Hall–Kier alpha value is -1.94. The molecule has 4 nitrogen and oxygen atoms in total. The number of nitrogens with one attached hydrogen (secondary N) is 1. The highest BCUT2D eigenvalue weighted by molar-refractivity contribution is 5.64. The molecule has 0 saturated carbocycles. The number of rotatable bonds is 3. The molecular formula is C15H20N4. The SMILES string of the molecule is CCc1nc(-c2cccc(C)c2C)nc(NN)c1C. The largest absolute Gasteiger partial charge is 0.308 e. The van der Waals surface area contributed by atoms with Gasteiger partial charge in [0, 0.05) is 16.8 Å². The van der Waals surface area contributed by atoms with E-state index in [1.165, 1.54) is 11.1 Å². The number of nitrogens with zero attached hydrogens (tertiary/aromatic N) is 2. The second-order valence-corrected chi connectivity index (χ2v) is 4.71. The summed E-state index contributed by atoms with van der Waals surface area (Å²) in [6.45, 7) is 8.26. The molecule has 1 aromatic heterocycles. The summed E-state index contributed by atoms with van der Waals surface area (Å²) >= 11 is 0. The van der Waals surface area contributed by atoms with Crippen molar-refractivity contribution in [2.24, 2.45) is 5.84 Å². The molecule has 1 heterocycles. The Balaban J connectivity index is 2.65. The zero-order chi connectivity index (χ0) is 14.0. The van der Waals surface area contributed by atoms with Gasteiger partial charge >= 0.3 is 0 Å². The maximum Gasteiger partial charge on any atom is 0.162 e. The van der Waals surface area contributed by atoms with Crippen molar-refractivity contribution in [2.45, 2.75) is 34.1 Å². The van der Waals surface area contributed by atoms with Gasteiger partial charge in [0.25, 0.3) is 0 Å². The summed E-state index contributed by atoms with van der Waals surface area (Å²) in [5.74, 6) is 6.98. The van der Waals surface area contributed by atoms with Crippen molar-refractivity contribution in [3.05, 3.63) is 40.6 Å². The second-order valence-electron chi connectivity index (χ2n) is 4.71. The van der Waals surface area contributed by atoms with E-state index in [4.69, 9.17) is 5.84 Å². The van der Waals surface area contributed by atoms with E-state index >= 15 is 0 Å². The van der Waals surface area contributed by atoms with Crippen LogP contribution in [0.2, 0.25) is 0 Å². The molecule has 4 heteroatoms. The standard InChI is InChI=1S/C15H20N4/c1-5-13-11(4)14(19-16)18-15(17-13)12-8-6-7-9(2)10(12)3/h6-8H,5,16H2,1-4H3,(H,17,18,19). The third kappa shape index (κ3) is 2.44. The van der Waals surface area contributed by atoms with Crippen molar-refractivity contribution in [2.75, 3.05) is 5.43 Å². The summed E-state index contributed by atoms with van der Waals surface area (Å²) in [6, 6.07) is 6.17. The Morgan fingerprint density at radius 1 is 1.11 bits per heavy atom. The summed E-state index contributed by atoms with van der Waals surface area (Å²) in [4.78, 5) is 9.19. The van der Waals surface area contributed by atoms with Gasteiger partial charge in [-0.1, -0.05) is 25.1 Å². The van der Waals surface area contributed by atoms with E-state index in [1.807, 2.05) is 19.1 Å². The van der Waals surface area contributed by atoms with Crippen molar-refractivity contribution in [3.8, 4) is 11.4 Å². The molecule has 3 N–H and O–H groups in total. The van der Waals surface area contributed by atoms with Crippen LogP contribution in [0, 0.1) is 20.8 Å². The van der Waals surface area contributed by atoms with Crippen LogP contribution in [0.3, 0.4) is 0 Å². The normalized spacial score (nSPS) is 10.6. The van der Waals surface area contributed by atoms with E-state index < -0.39 is 0 Å². The fourth-order valence-corrected chi connectivity index (χ4v) is 2.16. The van der Waals surface area contributed by atoms with Gasteiger partial charge in [0.2, 0.25) is 0 Å². The quantitative estimate of drug-likeness (QED) is 0.654. The van der Waals surface area contributed by atoms with Gasteiger partial charge < -0.3 is 5.43 Å². The van der Waals surface area contributed by atoms with E-state index in [-0.39, 0.29) is 0 Å².